The van der Waals surface area contributed by atoms with Crippen molar-refractivity contribution in [3.63, 3.8) is 0 Å². The number of hydrogen-bond acceptors (Lipinski definition) is 5. The number of rotatable bonds is 7. The SMILES string of the molecule is CSc1ccc(/C=C/C(=O)OCC(=O)c2ccc(N3CCCC3=O)cc2)cc1. The number of nitrogens with zero attached hydrogens (tertiary/aromatic N) is 1. The third-order valence-electron chi connectivity index (χ3n) is 4.45. The van der Waals surface area contributed by atoms with Crippen molar-refractivity contribution in [1.29, 1.82) is 0 Å². The van der Waals surface area contributed by atoms with Gasteiger partial charge in [0.15, 0.2) is 12.4 Å². The van der Waals surface area contributed by atoms with Gasteiger partial charge in [-0.1, -0.05) is 12.1 Å². The number of carbonyl (C=O) groups is 3. The summed E-state index contributed by atoms with van der Waals surface area (Å²) in [6.45, 7) is 0.382. The highest BCUT2D eigenvalue weighted by atomic mass is 32.2. The molecule has 2 aromatic carbocycles. The standard InChI is InChI=1S/C22H21NO4S/c1-28-19-11-4-16(5-12-19)6-13-22(26)27-15-20(24)17-7-9-18(10-8-17)23-14-2-3-21(23)25/h4-13H,2-3,14-15H2,1H3/b13-6+. The van der Waals surface area contributed by atoms with Gasteiger partial charge in [-0.15, -0.1) is 11.8 Å². The Kier molecular flexibility index (Phi) is 6.66. The van der Waals surface area contributed by atoms with Gasteiger partial charge in [-0.25, -0.2) is 4.79 Å². The highest BCUT2D eigenvalue weighted by molar-refractivity contribution is 7.98. The fourth-order valence-electron chi connectivity index (χ4n) is 2.90. The molecule has 0 N–H and O–H groups in total. The first-order valence-corrected chi connectivity index (χ1v) is 10.2. The van der Waals surface area contributed by atoms with E-state index < -0.39 is 5.97 Å². The van der Waals surface area contributed by atoms with Gasteiger partial charge < -0.3 is 9.64 Å². The van der Waals surface area contributed by atoms with Crippen LogP contribution in [0.3, 0.4) is 0 Å². The second-order valence-electron chi connectivity index (χ2n) is 6.33. The molecule has 144 valence electrons. The molecular weight excluding hydrogens is 374 g/mol. The van der Waals surface area contributed by atoms with E-state index in [-0.39, 0.29) is 18.3 Å². The molecule has 28 heavy (non-hydrogen) atoms. The molecule has 6 heteroatoms. The van der Waals surface area contributed by atoms with Crippen molar-refractivity contribution in [1.82, 2.24) is 0 Å². The molecule has 1 aliphatic rings. The molecule has 0 aromatic heterocycles. The predicted molar refractivity (Wildman–Crippen MR) is 111 cm³/mol. The van der Waals surface area contributed by atoms with Crippen LogP contribution in [-0.2, 0) is 14.3 Å². The van der Waals surface area contributed by atoms with E-state index in [4.69, 9.17) is 4.74 Å². The Morgan fingerprint density at radius 1 is 1.11 bits per heavy atom. The van der Waals surface area contributed by atoms with Crippen molar-refractivity contribution in [2.75, 3.05) is 24.3 Å². The van der Waals surface area contributed by atoms with Gasteiger partial charge in [0.25, 0.3) is 0 Å². The quantitative estimate of drug-likeness (QED) is 0.307. The van der Waals surface area contributed by atoms with Crippen LogP contribution in [0, 0.1) is 0 Å². The molecule has 0 spiro atoms. The Balaban J connectivity index is 1.50. The molecule has 0 saturated carbocycles. The highest BCUT2D eigenvalue weighted by Gasteiger charge is 2.21. The number of ether oxygens (including phenoxy) is 1. The first-order valence-electron chi connectivity index (χ1n) is 8.99. The van der Waals surface area contributed by atoms with E-state index >= 15 is 0 Å². The normalized spacial score (nSPS) is 13.9. The number of ketones is 1. The summed E-state index contributed by atoms with van der Waals surface area (Å²) in [6.07, 6.45) is 6.37. The lowest BCUT2D eigenvalue weighted by atomic mass is 10.1. The lowest BCUT2D eigenvalue weighted by molar-refractivity contribution is -0.136. The maximum absolute atomic E-state index is 12.2. The number of amides is 1. The maximum Gasteiger partial charge on any atom is 0.331 e. The van der Waals surface area contributed by atoms with Gasteiger partial charge in [-0.3, -0.25) is 9.59 Å². The zero-order chi connectivity index (χ0) is 19.9. The number of esters is 1. The molecule has 2 aromatic rings. The monoisotopic (exact) mass is 395 g/mol. The minimum Gasteiger partial charge on any atom is -0.454 e. The van der Waals surface area contributed by atoms with Gasteiger partial charge >= 0.3 is 5.97 Å². The highest BCUT2D eigenvalue weighted by Crippen LogP contribution is 2.21. The van der Waals surface area contributed by atoms with E-state index in [1.165, 1.54) is 6.08 Å². The van der Waals surface area contributed by atoms with Gasteiger partial charge in [-0.05, 0) is 60.7 Å². The van der Waals surface area contributed by atoms with Crippen LogP contribution in [-0.4, -0.2) is 37.1 Å². The summed E-state index contributed by atoms with van der Waals surface area (Å²) in [5.41, 5.74) is 2.11. The summed E-state index contributed by atoms with van der Waals surface area (Å²) < 4.78 is 5.03. The van der Waals surface area contributed by atoms with Crippen LogP contribution < -0.4 is 4.90 Å². The third kappa shape index (κ3) is 5.10. The Bertz CT molecular complexity index is 888. The van der Waals surface area contributed by atoms with Crippen LogP contribution in [0.5, 0.6) is 0 Å². The number of benzene rings is 2. The molecule has 1 aliphatic heterocycles. The summed E-state index contributed by atoms with van der Waals surface area (Å²) in [5.74, 6) is -0.755. The molecule has 0 radical (unpaired) electrons. The summed E-state index contributed by atoms with van der Waals surface area (Å²) in [7, 11) is 0. The van der Waals surface area contributed by atoms with E-state index in [9.17, 15) is 14.4 Å². The minimum absolute atomic E-state index is 0.0999. The fourth-order valence-corrected chi connectivity index (χ4v) is 3.30. The largest absolute Gasteiger partial charge is 0.454 e. The third-order valence-corrected chi connectivity index (χ3v) is 5.19. The number of thioether (sulfide) groups is 1. The van der Waals surface area contributed by atoms with Crippen LogP contribution in [0.2, 0.25) is 0 Å². The zero-order valence-corrected chi connectivity index (χ0v) is 16.4. The Hall–Kier alpha value is -2.86. The number of hydrogen-bond donors (Lipinski definition) is 0. The lowest BCUT2D eigenvalue weighted by Gasteiger charge is -2.15. The molecule has 1 fully saturated rings. The molecule has 1 saturated heterocycles. The molecule has 0 aliphatic carbocycles. The summed E-state index contributed by atoms with van der Waals surface area (Å²) in [6, 6.07) is 14.6. The molecule has 0 bridgehead atoms. The smallest absolute Gasteiger partial charge is 0.331 e. The van der Waals surface area contributed by atoms with Gasteiger partial charge in [0.2, 0.25) is 5.91 Å². The molecular formula is C22H21NO4S. The van der Waals surface area contributed by atoms with Crippen molar-refractivity contribution in [3.8, 4) is 0 Å². The van der Waals surface area contributed by atoms with Crippen molar-refractivity contribution < 1.29 is 19.1 Å². The summed E-state index contributed by atoms with van der Waals surface area (Å²) in [4.78, 5) is 38.7. The Morgan fingerprint density at radius 2 is 1.82 bits per heavy atom. The van der Waals surface area contributed by atoms with E-state index in [2.05, 4.69) is 0 Å². The lowest BCUT2D eigenvalue weighted by Crippen LogP contribution is -2.23. The molecule has 0 atom stereocenters. The first-order chi connectivity index (χ1) is 13.6. The first kappa shape index (κ1) is 19.9. The summed E-state index contributed by atoms with van der Waals surface area (Å²) in [5, 5.41) is 0. The number of carbonyl (C=O) groups excluding carboxylic acids is 3. The van der Waals surface area contributed by atoms with Gasteiger partial charge in [-0.2, -0.15) is 0 Å². The summed E-state index contributed by atoms with van der Waals surface area (Å²) >= 11 is 1.65. The van der Waals surface area contributed by atoms with Crippen molar-refractivity contribution in [3.05, 3.63) is 65.7 Å². The van der Waals surface area contributed by atoms with E-state index in [0.717, 1.165) is 22.6 Å². The Labute approximate surface area is 168 Å². The van der Waals surface area contributed by atoms with E-state index in [1.54, 1.807) is 47.0 Å². The maximum atomic E-state index is 12.2. The second kappa shape index (κ2) is 9.37. The van der Waals surface area contributed by atoms with Gasteiger partial charge in [0.1, 0.15) is 0 Å². The molecule has 0 unspecified atom stereocenters. The minimum atomic E-state index is -0.568. The van der Waals surface area contributed by atoms with E-state index in [0.29, 0.717) is 18.5 Å². The fraction of sp³-hybridized carbons (Fsp3) is 0.227. The number of anilines is 1. The molecule has 3 rings (SSSR count). The Morgan fingerprint density at radius 3 is 2.43 bits per heavy atom. The van der Waals surface area contributed by atoms with Crippen molar-refractivity contribution in [2.24, 2.45) is 0 Å². The average molecular weight is 395 g/mol. The van der Waals surface area contributed by atoms with Crippen LogP contribution in [0.1, 0.15) is 28.8 Å². The molecule has 1 heterocycles. The zero-order valence-electron chi connectivity index (χ0n) is 15.6. The van der Waals surface area contributed by atoms with Crippen LogP contribution >= 0.6 is 11.8 Å². The molecule has 5 nitrogen and oxygen atoms in total. The van der Waals surface area contributed by atoms with Crippen molar-refractivity contribution in [2.45, 2.75) is 17.7 Å². The predicted octanol–water partition coefficient (Wildman–Crippen LogP) is 3.97. The van der Waals surface area contributed by atoms with Crippen LogP contribution in [0.4, 0.5) is 5.69 Å². The average Bonchev–Trinajstić information content (AvgIpc) is 3.16. The van der Waals surface area contributed by atoms with E-state index in [1.807, 2.05) is 30.5 Å². The van der Waals surface area contributed by atoms with Crippen LogP contribution in [0.25, 0.3) is 6.08 Å². The van der Waals surface area contributed by atoms with Gasteiger partial charge in [0.05, 0.1) is 0 Å². The van der Waals surface area contributed by atoms with Gasteiger partial charge in [0, 0.05) is 35.2 Å². The van der Waals surface area contributed by atoms with Crippen molar-refractivity contribution >= 4 is 41.2 Å². The topological polar surface area (TPSA) is 63.7 Å². The van der Waals surface area contributed by atoms with Crippen LogP contribution in [0.15, 0.2) is 59.5 Å². The number of Topliss-reactive ketones (excluding diaryl/α,β-unsaturated/α-hetero) is 1. The molecule has 1 amide bonds. The second-order valence-corrected chi connectivity index (χ2v) is 7.21.